The molecule has 1 aliphatic heterocycles. The van der Waals surface area contributed by atoms with E-state index < -0.39 is 0 Å². The van der Waals surface area contributed by atoms with Crippen molar-refractivity contribution in [1.82, 2.24) is 19.9 Å². The van der Waals surface area contributed by atoms with Crippen LogP contribution in [0, 0.1) is 0 Å². The summed E-state index contributed by atoms with van der Waals surface area (Å²) in [4.78, 5) is 17.7. The summed E-state index contributed by atoms with van der Waals surface area (Å²) in [5.74, 6) is 0.826. The summed E-state index contributed by atoms with van der Waals surface area (Å²) in [5.41, 5.74) is 1.79. The second-order valence-corrected chi connectivity index (χ2v) is 6.56. The molecule has 7 heteroatoms. The molecule has 3 rings (SSSR count). The summed E-state index contributed by atoms with van der Waals surface area (Å²) in [7, 11) is 3.56. The summed E-state index contributed by atoms with van der Waals surface area (Å²) in [6, 6.07) is 9.56. The minimum atomic E-state index is 0.0688. The van der Waals surface area contributed by atoms with E-state index in [0.717, 1.165) is 43.2 Å². The topological polar surface area (TPSA) is 52.8 Å². The quantitative estimate of drug-likeness (QED) is 0.856. The van der Waals surface area contributed by atoms with E-state index >= 15 is 0 Å². The molecule has 0 atom stereocenters. The van der Waals surface area contributed by atoms with E-state index in [1.807, 2.05) is 35.2 Å². The Balaban J connectivity index is 1.56. The third kappa shape index (κ3) is 3.88. The number of carbonyl (C=O) groups excluding carboxylic acids is 1. The van der Waals surface area contributed by atoms with Gasteiger partial charge < -0.3 is 14.3 Å². The lowest BCUT2D eigenvalue weighted by atomic mass is 10.1. The van der Waals surface area contributed by atoms with E-state index in [1.54, 1.807) is 19.0 Å². The fraction of sp³-hybridized carbons (Fsp3) is 0.412. The van der Waals surface area contributed by atoms with Gasteiger partial charge in [0.1, 0.15) is 5.69 Å². The Morgan fingerprint density at radius 2 is 1.88 bits per heavy atom. The van der Waals surface area contributed by atoms with E-state index in [-0.39, 0.29) is 6.03 Å². The zero-order chi connectivity index (χ0) is 17.1. The SMILES string of the molecule is CN(C)C(=O)N1CCN(Cc2cc(-c3ccc(Cl)cc3)no2)CC1. The van der Waals surface area contributed by atoms with Gasteiger partial charge in [-0.25, -0.2) is 4.79 Å². The minimum absolute atomic E-state index is 0.0688. The molecule has 0 N–H and O–H groups in total. The zero-order valence-electron chi connectivity index (χ0n) is 13.9. The largest absolute Gasteiger partial charge is 0.359 e. The lowest BCUT2D eigenvalue weighted by Crippen LogP contribution is -2.51. The maximum Gasteiger partial charge on any atom is 0.319 e. The van der Waals surface area contributed by atoms with Crippen molar-refractivity contribution in [2.75, 3.05) is 40.3 Å². The van der Waals surface area contributed by atoms with Crippen LogP contribution in [0.2, 0.25) is 5.02 Å². The van der Waals surface area contributed by atoms with Crippen molar-refractivity contribution in [2.24, 2.45) is 0 Å². The number of amides is 2. The fourth-order valence-corrected chi connectivity index (χ4v) is 2.87. The van der Waals surface area contributed by atoms with Crippen LogP contribution in [0.25, 0.3) is 11.3 Å². The summed E-state index contributed by atoms with van der Waals surface area (Å²) < 4.78 is 5.45. The Kier molecular flexibility index (Phi) is 5.06. The Hall–Kier alpha value is -2.05. The number of nitrogens with zero attached hydrogens (tertiary/aromatic N) is 4. The Labute approximate surface area is 146 Å². The summed E-state index contributed by atoms with van der Waals surface area (Å²) >= 11 is 5.91. The van der Waals surface area contributed by atoms with Gasteiger partial charge in [0.15, 0.2) is 5.76 Å². The molecule has 1 aromatic carbocycles. The summed E-state index contributed by atoms with van der Waals surface area (Å²) in [6.07, 6.45) is 0. The van der Waals surface area contributed by atoms with Gasteiger partial charge >= 0.3 is 6.03 Å². The van der Waals surface area contributed by atoms with Crippen LogP contribution in [0.4, 0.5) is 4.79 Å². The first-order valence-corrected chi connectivity index (χ1v) is 8.31. The first-order chi connectivity index (χ1) is 11.5. The van der Waals surface area contributed by atoms with Crippen LogP contribution < -0.4 is 0 Å². The van der Waals surface area contributed by atoms with Crippen molar-refractivity contribution in [1.29, 1.82) is 0 Å². The molecule has 2 heterocycles. The molecule has 128 valence electrons. The number of urea groups is 1. The predicted octanol–water partition coefficient (Wildman–Crippen LogP) is 2.79. The molecule has 1 aromatic heterocycles. The molecule has 0 radical (unpaired) electrons. The van der Waals surface area contributed by atoms with E-state index in [9.17, 15) is 4.79 Å². The van der Waals surface area contributed by atoms with Crippen LogP contribution in [0.15, 0.2) is 34.9 Å². The lowest BCUT2D eigenvalue weighted by molar-refractivity contribution is 0.114. The summed E-state index contributed by atoms with van der Waals surface area (Å²) in [5, 5.41) is 4.83. The normalized spacial score (nSPS) is 15.5. The Morgan fingerprint density at radius 3 is 2.50 bits per heavy atom. The number of carbonyl (C=O) groups is 1. The molecule has 0 aliphatic carbocycles. The second-order valence-electron chi connectivity index (χ2n) is 6.13. The number of aromatic nitrogens is 1. The van der Waals surface area contributed by atoms with Gasteiger partial charge in [-0.05, 0) is 12.1 Å². The molecule has 1 fully saturated rings. The summed E-state index contributed by atoms with van der Waals surface area (Å²) in [6.45, 7) is 3.82. The van der Waals surface area contributed by atoms with E-state index in [1.165, 1.54) is 0 Å². The van der Waals surface area contributed by atoms with E-state index in [2.05, 4.69) is 10.1 Å². The number of halogens is 1. The number of piperazine rings is 1. The molecule has 2 aromatic rings. The van der Waals surface area contributed by atoms with Gasteiger partial charge in [-0.2, -0.15) is 0 Å². The van der Waals surface area contributed by atoms with Crippen molar-refractivity contribution < 1.29 is 9.32 Å². The van der Waals surface area contributed by atoms with Crippen LogP contribution in [0.1, 0.15) is 5.76 Å². The Morgan fingerprint density at radius 1 is 1.21 bits per heavy atom. The standard InChI is InChI=1S/C17H21ClN4O2/c1-20(2)17(23)22-9-7-21(8-10-22)12-15-11-16(19-24-15)13-3-5-14(18)6-4-13/h3-6,11H,7-10,12H2,1-2H3. The third-order valence-electron chi connectivity index (χ3n) is 4.10. The highest BCUT2D eigenvalue weighted by Crippen LogP contribution is 2.22. The number of rotatable bonds is 3. The van der Waals surface area contributed by atoms with Crippen molar-refractivity contribution in [2.45, 2.75) is 6.54 Å². The van der Waals surface area contributed by atoms with Crippen LogP contribution >= 0.6 is 11.6 Å². The maximum absolute atomic E-state index is 11.9. The molecule has 24 heavy (non-hydrogen) atoms. The van der Waals surface area contributed by atoms with Crippen molar-refractivity contribution >= 4 is 17.6 Å². The second kappa shape index (κ2) is 7.23. The van der Waals surface area contributed by atoms with Crippen molar-refractivity contribution in [3.05, 3.63) is 41.1 Å². The first kappa shape index (κ1) is 16.8. The average Bonchev–Trinajstić information content (AvgIpc) is 3.04. The molecule has 6 nitrogen and oxygen atoms in total. The van der Waals surface area contributed by atoms with Crippen LogP contribution in [0.5, 0.6) is 0 Å². The molecular formula is C17H21ClN4O2. The van der Waals surface area contributed by atoms with Gasteiger partial charge in [-0.3, -0.25) is 4.90 Å². The van der Waals surface area contributed by atoms with Gasteiger partial charge in [0, 0.05) is 56.9 Å². The van der Waals surface area contributed by atoms with Crippen LogP contribution in [-0.2, 0) is 6.54 Å². The lowest BCUT2D eigenvalue weighted by Gasteiger charge is -2.35. The number of hydrogen-bond acceptors (Lipinski definition) is 4. The monoisotopic (exact) mass is 348 g/mol. The van der Waals surface area contributed by atoms with E-state index in [4.69, 9.17) is 16.1 Å². The molecule has 2 amide bonds. The molecule has 0 bridgehead atoms. The predicted molar refractivity (Wildman–Crippen MR) is 92.9 cm³/mol. The molecular weight excluding hydrogens is 328 g/mol. The third-order valence-corrected chi connectivity index (χ3v) is 4.36. The number of benzene rings is 1. The minimum Gasteiger partial charge on any atom is -0.359 e. The van der Waals surface area contributed by atoms with Gasteiger partial charge in [0.2, 0.25) is 0 Å². The zero-order valence-corrected chi connectivity index (χ0v) is 14.7. The highest BCUT2D eigenvalue weighted by molar-refractivity contribution is 6.30. The molecule has 0 unspecified atom stereocenters. The molecule has 0 saturated carbocycles. The van der Waals surface area contributed by atoms with E-state index in [0.29, 0.717) is 11.6 Å². The van der Waals surface area contributed by atoms with Gasteiger partial charge in [-0.15, -0.1) is 0 Å². The highest BCUT2D eigenvalue weighted by Gasteiger charge is 2.23. The molecule has 0 spiro atoms. The van der Waals surface area contributed by atoms with Crippen LogP contribution in [-0.4, -0.2) is 66.2 Å². The van der Waals surface area contributed by atoms with Gasteiger partial charge in [0.05, 0.1) is 6.54 Å². The first-order valence-electron chi connectivity index (χ1n) is 7.93. The average molecular weight is 349 g/mol. The molecule has 1 aliphatic rings. The smallest absolute Gasteiger partial charge is 0.319 e. The highest BCUT2D eigenvalue weighted by atomic mass is 35.5. The Bertz CT molecular complexity index is 691. The van der Waals surface area contributed by atoms with Gasteiger partial charge in [0.25, 0.3) is 0 Å². The van der Waals surface area contributed by atoms with Crippen molar-refractivity contribution in [3.8, 4) is 11.3 Å². The molecule has 1 saturated heterocycles. The maximum atomic E-state index is 11.9. The fourth-order valence-electron chi connectivity index (χ4n) is 2.74. The number of hydrogen-bond donors (Lipinski definition) is 0. The van der Waals surface area contributed by atoms with Crippen molar-refractivity contribution in [3.63, 3.8) is 0 Å². The van der Waals surface area contributed by atoms with Gasteiger partial charge in [-0.1, -0.05) is 28.9 Å². The van der Waals surface area contributed by atoms with Crippen LogP contribution in [0.3, 0.4) is 0 Å².